The van der Waals surface area contributed by atoms with Gasteiger partial charge in [-0.3, -0.25) is 9.59 Å². The summed E-state index contributed by atoms with van der Waals surface area (Å²) in [6, 6.07) is -0.287. The lowest BCUT2D eigenvalue weighted by Crippen LogP contribution is -2.47. The zero-order valence-corrected chi connectivity index (χ0v) is 11.3. The van der Waals surface area contributed by atoms with Gasteiger partial charge in [0.2, 0.25) is 11.8 Å². The van der Waals surface area contributed by atoms with Crippen molar-refractivity contribution in [3.05, 3.63) is 0 Å². The van der Waals surface area contributed by atoms with Crippen molar-refractivity contribution in [1.29, 1.82) is 0 Å². The molecular weight excluding hydrogens is 230 g/mol. The number of carbonyl (C=O) groups excluding carboxylic acids is 2. The van der Waals surface area contributed by atoms with Crippen LogP contribution < -0.4 is 16.8 Å². The second-order valence-corrected chi connectivity index (χ2v) is 5.70. The Balaban J connectivity index is 2.32. The molecule has 104 valence electrons. The zero-order chi connectivity index (χ0) is 13.7. The third-order valence-electron chi connectivity index (χ3n) is 3.54. The third kappa shape index (κ3) is 4.64. The van der Waals surface area contributed by atoms with Crippen molar-refractivity contribution in [3.8, 4) is 0 Å². The van der Waals surface area contributed by atoms with E-state index < -0.39 is 6.04 Å². The molecule has 0 heterocycles. The molecule has 5 nitrogen and oxygen atoms in total. The highest BCUT2D eigenvalue weighted by molar-refractivity contribution is 5.81. The number of hydrogen-bond acceptors (Lipinski definition) is 3. The second kappa shape index (κ2) is 6.73. The largest absolute Gasteiger partial charge is 0.369 e. The molecule has 1 rings (SSSR count). The minimum Gasteiger partial charge on any atom is -0.369 e. The molecule has 0 aromatic rings. The monoisotopic (exact) mass is 255 g/mol. The number of nitrogens with one attached hydrogen (secondary N) is 1. The van der Waals surface area contributed by atoms with E-state index in [1.807, 2.05) is 13.8 Å². The summed E-state index contributed by atoms with van der Waals surface area (Å²) < 4.78 is 0. The molecule has 0 bridgehead atoms. The minimum absolute atomic E-state index is 0.0255. The standard InChI is InChI=1S/C13H25N3O2/c1-8(2)7-11(14)13(18)16-10-5-3-9(4-6-10)12(15)17/h8-11H,3-7,14H2,1-2H3,(H2,15,17)(H,16,18)/t9?,10?,11-/m0/s1. The van der Waals surface area contributed by atoms with Crippen LogP contribution in [0.15, 0.2) is 0 Å². The SMILES string of the molecule is CC(C)C[C@H](N)C(=O)NC1CCC(C(N)=O)CC1. The molecule has 1 aliphatic rings. The summed E-state index contributed by atoms with van der Waals surface area (Å²) in [5, 5.41) is 2.97. The maximum absolute atomic E-state index is 11.8. The molecule has 2 amide bonds. The predicted molar refractivity (Wildman–Crippen MR) is 70.5 cm³/mol. The summed E-state index contributed by atoms with van der Waals surface area (Å²) in [6.07, 6.45) is 3.85. The van der Waals surface area contributed by atoms with E-state index in [-0.39, 0.29) is 23.8 Å². The van der Waals surface area contributed by atoms with Gasteiger partial charge in [0.25, 0.3) is 0 Å². The minimum atomic E-state index is -0.432. The molecule has 0 saturated heterocycles. The first-order chi connectivity index (χ1) is 8.40. The predicted octanol–water partition coefficient (Wildman–Crippen LogP) is 0.520. The van der Waals surface area contributed by atoms with Crippen LogP contribution in [0.1, 0.15) is 46.0 Å². The topological polar surface area (TPSA) is 98.2 Å². The number of nitrogens with two attached hydrogens (primary N) is 2. The van der Waals surface area contributed by atoms with E-state index in [4.69, 9.17) is 11.5 Å². The Kier molecular flexibility index (Phi) is 5.59. The van der Waals surface area contributed by atoms with E-state index in [0.717, 1.165) is 25.7 Å². The van der Waals surface area contributed by atoms with E-state index in [0.29, 0.717) is 12.3 Å². The van der Waals surface area contributed by atoms with Gasteiger partial charge in [0.1, 0.15) is 0 Å². The van der Waals surface area contributed by atoms with Gasteiger partial charge in [-0.15, -0.1) is 0 Å². The smallest absolute Gasteiger partial charge is 0.237 e. The fourth-order valence-electron chi connectivity index (χ4n) is 2.45. The summed E-state index contributed by atoms with van der Waals surface area (Å²) in [6.45, 7) is 4.09. The van der Waals surface area contributed by atoms with Crippen LogP contribution in [-0.2, 0) is 9.59 Å². The summed E-state index contributed by atoms with van der Waals surface area (Å²) in [5.74, 6) is 0.0846. The quantitative estimate of drug-likeness (QED) is 0.668. The molecule has 5 heteroatoms. The van der Waals surface area contributed by atoms with Crippen molar-refractivity contribution < 1.29 is 9.59 Å². The van der Waals surface area contributed by atoms with Crippen LogP contribution in [0.4, 0.5) is 0 Å². The average Bonchev–Trinajstić information content (AvgIpc) is 2.28. The normalized spacial score (nSPS) is 25.8. The van der Waals surface area contributed by atoms with Gasteiger partial charge in [-0.1, -0.05) is 13.8 Å². The number of primary amides is 1. The molecule has 0 aliphatic heterocycles. The highest BCUT2D eigenvalue weighted by atomic mass is 16.2. The number of rotatable bonds is 5. The van der Waals surface area contributed by atoms with Crippen molar-refractivity contribution >= 4 is 11.8 Å². The van der Waals surface area contributed by atoms with Gasteiger partial charge >= 0.3 is 0 Å². The molecule has 18 heavy (non-hydrogen) atoms. The third-order valence-corrected chi connectivity index (χ3v) is 3.54. The zero-order valence-electron chi connectivity index (χ0n) is 11.3. The lowest BCUT2D eigenvalue weighted by atomic mass is 9.85. The fourth-order valence-corrected chi connectivity index (χ4v) is 2.45. The maximum atomic E-state index is 11.8. The van der Waals surface area contributed by atoms with E-state index in [2.05, 4.69) is 5.32 Å². The lowest BCUT2D eigenvalue weighted by Gasteiger charge is -2.28. The van der Waals surface area contributed by atoms with Gasteiger partial charge in [-0.25, -0.2) is 0 Å². The highest BCUT2D eigenvalue weighted by Gasteiger charge is 2.26. The van der Waals surface area contributed by atoms with Crippen LogP contribution >= 0.6 is 0 Å². The number of hydrogen-bond donors (Lipinski definition) is 3. The fraction of sp³-hybridized carbons (Fsp3) is 0.846. The highest BCUT2D eigenvalue weighted by Crippen LogP contribution is 2.23. The van der Waals surface area contributed by atoms with Crippen LogP contribution in [0, 0.1) is 11.8 Å². The van der Waals surface area contributed by atoms with Crippen LogP contribution in [0.5, 0.6) is 0 Å². The molecule has 5 N–H and O–H groups in total. The van der Waals surface area contributed by atoms with Crippen LogP contribution in [0.25, 0.3) is 0 Å². The summed E-state index contributed by atoms with van der Waals surface area (Å²) in [4.78, 5) is 22.9. The van der Waals surface area contributed by atoms with E-state index in [1.54, 1.807) is 0 Å². The van der Waals surface area contributed by atoms with Gasteiger partial charge in [-0.05, 0) is 38.0 Å². The Morgan fingerprint density at radius 2 is 1.78 bits per heavy atom. The van der Waals surface area contributed by atoms with E-state index >= 15 is 0 Å². The molecule has 0 spiro atoms. The molecule has 0 unspecified atom stereocenters. The van der Waals surface area contributed by atoms with E-state index in [1.165, 1.54) is 0 Å². The Morgan fingerprint density at radius 1 is 1.22 bits per heavy atom. The Labute approximate surface area is 109 Å². The number of carbonyl (C=O) groups is 2. The van der Waals surface area contributed by atoms with Crippen LogP contribution in [0.2, 0.25) is 0 Å². The summed E-state index contributed by atoms with van der Waals surface area (Å²) in [5.41, 5.74) is 11.1. The molecule has 1 saturated carbocycles. The van der Waals surface area contributed by atoms with Crippen LogP contribution in [-0.4, -0.2) is 23.9 Å². The van der Waals surface area contributed by atoms with Crippen molar-refractivity contribution in [3.63, 3.8) is 0 Å². The average molecular weight is 255 g/mol. The summed E-state index contributed by atoms with van der Waals surface area (Å²) in [7, 11) is 0. The molecule has 1 fully saturated rings. The molecule has 1 aliphatic carbocycles. The van der Waals surface area contributed by atoms with Gasteiger partial charge in [0.05, 0.1) is 6.04 Å². The Morgan fingerprint density at radius 3 is 2.22 bits per heavy atom. The number of amides is 2. The summed E-state index contributed by atoms with van der Waals surface area (Å²) >= 11 is 0. The molecular formula is C13H25N3O2. The molecule has 0 radical (unpaired) electrons. The van der Waals surface area contributed by atoms with Gasteiger partial charge < -0.3 is 16.8 Å². The first-order valence-corrected chi connectivity index (χ1v) is 6.75. The van der Waals surface area contributed by atoms with Gasteiger partial charge in [0.15, 0.2) is 0 Å². The van der Waals surface area contributed by atoms with Gasteiger partial charge in [0, 0.05) is 12.0 Å². The lowest BCUT2D eigenvalue weighted by molar-refractivity contribution is -0.124. The molecule has 0 aromatic carbocycles. The van der Waals surface area contributed by atoms with Crippen molar-refractivity contribution in [2.45, 2.75) is 58.0 Å². The van der Waals surface area contributed by atoms with Crippen molar-refractivity contribution in [2.75, 3.05) is 0 Å². The second-order valence-electron chi connectivity index (χ2n) is 5.70. The molecule has 1 atom stereocenters. The first-order valence-electron chi connectivity index (χ1n) is 6.75. The van der Waals surface area contributed by atoms with Crippen molar-refractivity contribution in [1.82, 2.24) is 5.32 Å². The first kappa shape index (κ1) is 15.0. The Bertz CT molecular complexity index is 297. The van der Waals surface area contributed by atoms with Gasteiger partial charge in [-0.2, -0.15) is 0 Å². The molecule has 0 aromatic heterocycles. The Hall–Kier alpha value is -1.10. The van der Waals surface area contributed by atoms with Crippen molar-refractivity contribution in [2.24, 2.45) is 23.3 Å². The maximum Gasteiger partial charge on any atom is 0.237 e. The van der Waals surface area contributed by atoms with Crippen LogP contribution in [0.3, 0.4) is 0 Å². The van der Waals surface area contributed by atoms with E-state index in [9.17, 15) is 9.59 Å².